The number of morpholine rings is 1. The monoisotopic (exact) mass is 259 g/mol. The Morgan fingerprint density at radius 2 is 2.16 bits per heavy atom. The molecule has 0 N–H and O–H groups in total. The van der Waals surface area contributed by atoms with Gasteiger partial charge in [-0.2, -0.15) is 0 Å². The molecule has 1 saturated heterocycles. The summed E-state index contributed by atoms with van der Waals surface area (Å²) in [4.78, 5) is 13.4. The Labute approximate surface area is 114 Å². The van der Waals surface area contributed by atoms with Crippen LogP contribution in [0.4, 0.5) is 5.69 Å². The molecule has 102 valence electrons. The molecule has 19 heavy (non-hydrogen) atoms. The lowest BCUT2D eigenvalue weighted by atomic mass is 9.89. The minimum atomic E-state index is 0.397. The highest BCUT2D eigenvalue weighted by Gasteiger charge is 2.34. The van der Waals surface area contributed by atoms with Gasteiger partial charge in [0.2, 0.25) is 0 Å². The lowest BCUT2D eigenvalue weighted by Crippen LogP contribution is -2.52. The molecule has 2 aliphatic rings. The molecule has 0 amide bonds. The molecule has 3 rings (SSSR count). The van der Waals surface area contributed by atoms with Crippen molar-refractivity contribution in [1.82, 2.24) is 0 Å². The average Bonchev–Trinajstić information content (AvgIpc) is 2.46. The molecule has 1 heterocycles. The van der Waals surface area contributed by atoms with Gasteiger partial charge in [0.15, 0.2) is 0 Å². The Morgan fingerprint density at radius 1 is 1.32 bits per heavy atom. The van der Waals surface area contributed by atoms with Gasteiger partial charge in [-0.05, 0) is 43.5 Å². The molecule has 1 aliphatic heterocycles. The van der Waals surface area contributed by atoms with Gasteiger partial charge in [0.1, 0.15) is 6.29 Å². The Kier molecular flexibility index (Phi) is 3.56. The number of hydrogen-bond acceptors (Lipinski definition) is 3. The smallest absolute Gasteiger partial charge is 0.150 e. The number of aldehydes is 1. The molecular weight excluding hydrogens is 238 g/mol. The van der Waals surface area contributed by atoms with Crippen LogP contribution >= 0.6 is 0 Å². The second kappa shape index (κ2) is 5.33. The summed E-state index contributed by atoms with van der Waals surface area (Å²) in [5.74, 6) is 0. The Bertz CT molecular complexity index is 470. The van der Waals surface area contributed by atoms with Crippen molar-refractivity contribution in [2.24, 2.45) is 0 Å². The standard InChI is InChI=1S/C16H21NO2/c1-12-10-14(7-6-13(12)11-18)17-8-9-19-16-5-3-2-4-15(16)17/h6-7,10-11,15-16H,2-5,8-9H2,1H3. The molecule has 0 aromatic heterocycles. The highest BCUT2D eigenvalue weighted by atomic mass is 16.5. The summed E-state index contributed by atoms with van der Waals surface area (Å²) in [6.45, 7) is 3.78. The molecule has 3 heteroatoms. The topological polar surface area (TPSA) is 29.5 Å². The number of ether oxygens (including phenoxy) is 1. The lowest BCUT2D eigenvalue weighted by molar-refractivity contribution is -0.00868. The molecule has 2 fully saturated rings. The fourth-order valence-electron chi connectivity index (χ4n) is 3.39. The number of rotatable bonds is 2. The minimum absolute atomic E-state index is 0.397. The highest BCUT2D eigenvalue weighted by Crippen LogP contribution is 2.32. The van der Waals surface area contributed by atoms with E-state index in [0.717, 1.165) is 30.6 Å². The van der Waals surface area contributed by atoms with E-state index in [4.69, 9.17) is 4.74 Å². The molecule has 0 bridgehead atoms. The van der Waals surface area contributed by atoms with Crippen LogP contribution in [0, 0.1) is 6.92 Å². The molecule has 1 aliphatic carbocycles. The largest absolute Gasteiger partial charge is 0.374 e. The molecule has 3 nitrogen and oxygen atoms in total. The fourth-order valence-corrected chi connectivity index (χ4v) is 3.39. The van der Waals surface area contributed by atoms with Crippen LogP contribution in [0.1, 0.15) is 41.6 Å². The summed E-state index contributed by atoms with van der Waals surface area (Å²) in [5.41, 5.74) is 3.09. The van der Waals surface area contributed by atoms with Gasteiger partial charge in [-0.1, -0.05) is 12.8 Å². The third kappa shape index (κ3) is 2.39. The average molecular weight is 259 g/mol. The number of nitrogens with zero attached hydrogens (tertiary/aromatic N) is 1. The first-order valence-corrected chi connectivity index (χ1v) is 7.23. The second-order valence-corrected chi connectivity index (χ2v) is 5.61. The van der Waals surface area contributed by atoms with Crippen molar-refractivity contribution < 1.29 is 9.53 Å². The number of aryl methyl sites for hydroxylation is 1. The van der Waals surface area contributed by atoms with Crippen LogP contribution < -0.4 is 4.90 Å². The van der Waals surface area contributed by atoms with E-state index in [0.29, 0.717) is 12.1 Å². The quantitative estimate of drug-likeness (QED) is 0.765. The summed E-state index contributed by atoms with van der Waals surface area (Å²) >= 11 is 0. The van der Waals surface area contributed by atoms with Crippen LogP contribution in [0.5, 0.6) is 0 Å². The molecular formula is C16H21NO2. The normalized spacial score (nSPS) is 26.9. The molecule has 1 saturated carbocycles. The van der Waals surface area contributed by atoms with Crippen molar-refractivity contribution >= 4 is 12.0 Å². The predicted octanol–water partition coefficient (Wildman–Crippen LogP) is 2.96. The Balaban J connectivity index is 1.87. The van der Waals surface area contributed by atoms with Gasteiger partial charge in [-0.3, -0.25) is 4.79 Å². The molecule has 2 unspecified atom stereocenters. The first-order valence-electron chi connectivity index (χ1n) is 7.23. The van der Waals surface area contributed by atoms with Crippen LogP contribution in [-0.2, 0) is 4.74 Å². The lowest BCUT2D eigenvalue weighted by Gasteiger charge is -2.45. The summed E-state index contributed by atoms with van der Waals surface area (Å²) < 4.78 is 5.91. The van der Waals surface area contributed by atoms with E-state index in [1.54, 1.807) is 0 Å². The SMILES string of the molecule is Cc1cc(N2CCOC3CCCCC32)ccc1C=O. The minimum Gasteiger partial charge on any atom is -0.374 e. The van der Waals surface area contributed by atoms with Gasteiger partial charge < -0.3 is 9.64 Å². The van der Waals surface area contributed by atoms with E-state index >= 15 is 0 Å². The van der Waals surface area contributed by atoms with Crippen LogP contribution in [0.25, 0.3) is 0 Å². The molecule has 0 radical (unpaired) electrons. The van der Waals surface area contributed by atoms with Crippen molar-refractivity contribution in [2.45, 2.75) is 44.8 Å². The van der Waals surface area contributed by atoms with Crippen LogP contribution in [0.15, 0.2) is 18.2 Å². The Morgan fingerprint density at radius 3 is 2.95 bits per heavy atom. The number of carbonyl (C=O) groups is 1. The maximum Gasteiger partial charge on any atom is 0.150 e. The van der Waals surface area contributed by atoms with E-state index in [-0.39, 0.29) is 0 Å². The number of benzene rings is 1. The number of carbonyl (C=O) groups excluding carboxylic acids is 1. The van der Waals surface area contributed by atoms with Crippen molar-refractivity contribution in [3.05, 3.63) is 29.3 Å². The van der Waals surface area contributed by atoms with Gasteiger partial charge in [0.05, 0.1) is 18.8 Å². The third-order valence-corrected chi connectivity index (χ3v) is 4.44. The highest BCUT2D eigenvalue weighted by molar-refractivity contribution is 5.78. The zero-order valence-corrected chi connectivity index (χ0v) is 11.5. The third-order valence-electron chi connectivity index (χ3n) is 4.44. The summed E-state index contributed by atoms with van der Waals surface area (Å²) in [7, 11) is 0. The zero-order valence-electron chi connectivity index (χ0n) is 11.5. The maximum atomic E-state index is 10.9. The van der Waals surface area contributed by atoms with Gasteiger partial charge in [0.25, 0.3) is 0 Å². The van der Waals surface area contributed by atoms with Crippen molar-refractivity contribution in [2.75, 3.05) is 18.1 Å². The van der Waals surface area contributed by atoms with Crippen LogP contribution in [-0.4, -0.2) is 31.6 Å². The fraction of sp³-hybridized carbons (Fsp3) is 0.562. The number of fused-ring (bicyclic) bond motifs is 1. The van der Waals surface area contributed by atoms with E-state index in [1.165, 1.54) is 31.4 Å². The van der Waals surface area contributed by atoms with Crippen molar-refractivity contribution in [3.8, 4) is 0 Å². The Hall–Kier alpha value is -1.35. The van der Waals surface area contributed by atoms with E-state index in [2.05, 4.69) is 17.0 Å². The maximum absolute atomic E-state index is 10.9. The van der Waals surface area contributed by atoms with E-state index in [9.17, 15) is 4.79 Å². The van der Waals surface area contributed by atoms with Gasteiger partial charge in [-0.15, -0.1) is 0 Å². The molecule has 0 spiro atoms. The van der Waals surface area contributed by atoms with Crippen LogP contribution in [0.3, 0.4) is 0 Å². The van der Waals surface area contributed by atoms with Crippen molar-refractivity contribution in [1.29, 1.82) is 0 Å². The molecule has 1 aromatic carbocycles. The van der Waals surface area contributed by atoms with E-state index < -0.39 is 0 Å². The van der Waals surface area contributed by atoms with Gasteiger partial charge in [-0.25, -0.2) is 0 Å². The van der Waals surface area contributed by atoms with E-state index in [1.807, 2.05) is 13.0 Å². The van der Waals surface area contributed by atoms with Gasteiger partial charge in [0, 0.05) is 17.8 Å². The predicted molar refractivity (Wildman–Crippen MR) is 75.9 cm³/mol. The zero-order chi connectivity index (χ0) is 13.2. The number of anilines is 1. The van der Waals surface area contributed by atoms with Gasteiger partial charge >= 0.3 is 0 Å². The summed E-state index contributed by atoms with van der Waals surface area (Å²) in [6.07, 6.45) is 6.33. The molecule has 2 atom stereocenters. The molecule has 1 aromatic rings. The van der Waals surface area contributed by atoms with Crippen LogP contribution in [0.2, 0.25) is 0 Å². The summed E-state index contributed by atoms with van der Waals surface area (Å²) in [5, 5.41) is 0. The van der Waals surface area contributed by atoms with Crippen molar-refractivity contribution in [3.63, 3.8) is 0 Å². The first kappa shape index (κ1) is 12.7. The first-order chi connectivity index (χ1) is 9.29. The number of hydrogen-bond donors (Lipinski definition) is 0. The summed E-state index contributed by atoms with van der Waals surface area (Å²) in [6, 6.07) is 6.67. The second-order valence-electron chi connectivity index (χ2n) is 5.61.